The fourth-order valence-corrected chi connectivity index (χ4v) is 2.72. The Morgan fingerprint density at radius 2 is 2.16 bits per heavy atom. The molecular formula is C11H15FN2O4S. The zero-order chi connectivity index (χ0) is 14.2. The highest BCUT2D eigenvalue weighted by Crippen LogP contribution is 2.26. The van der Waals surface area contributed by atoms with Crippen molar-refractivity contribution in [2.75, 3.05) is 25.1 Å². The number of ether oxygens (including phenoxy) is 1. The van der Waals surface area contributed by atoms with Gasteiger partial charge < -0.3 is 15.6 Å². The van der Waals surface area contributed by atoms with Crippen LogP contribution in [0.4, 0.5) is 10.1 Å². The Bertz CT molecular complexity index is 578. The van der Waals surface area contributed by atoms with E-state index in [4.69, 9.17) is 10.5 Å². The molecule has 1 aromatic rings. The van der Waals surface area contributed by atoms with E-state index in [-0.39, 0.29) is 24.5 Å². The quantitative estimate of drug-likeness (QED) is 0.752. The molecule has 1 aromatic carbocycles. The standard InChI is InChI=1S/C11H15FN2O4S/c1-19(16,17)14-5-9(15)11(6-14)18-10-4-7(12)2-3-8(10)13/h2-4,9,11,15H,5-6,13H2,1H3. The molecule has 1 aliphatic rings. The molecule has 0 spiro atoms. The first-order valence-electron chi connectivity index (χ1n) is 5.62. The van der Waals surface area contributed by atoms with Gasteiger partial charge in [0.15, 0.2) is 0 Å². The van der Waals surface area contributed by atoms with Gasteiger partial charge in [-0.1, -0.05) is 0 Å². The molecule has 2 rings (SSSR count). The number of nitrogens with two attached hydrogens (primary N) is 1. The normalized spacial score (nSPS) is 24.6. The third kappa shape index (κ3) is 3.14. The molecule has 1 fully saturated rings. The van der Waals surface area contributed by atoms with Crippen LogP contribution in [0.25, 0.3) is 0 Å². The van der Waals surface area contributed by atoms with Crippen LogP contribution in [0.2, 0.25) is 0 Å². The Kier molecular flexibility index (Phi) is 3.66. The first-order valence-corrected chi connectivity index (χ1v) is 7.47. The molecule has 0 bridgehead atoms. The summed E-state index contributed by atoms with van der Waals surface area (Å²) in [6, 6.07) is 3.64. The van der Waals surface area contributed by atoms with Gasteiger partial charge >= 0.3 is 0 Å². The van der Waals surface area contributed by atoms with E-state index in [1.54, 1.807) is 0 Å². The van der Waals surface area contributed by atoms with Gasteiger partial charge in [0.05, 0.1) is 18.5 Å². The molecule has 0 aliphatic carbocycles. The molecule has 0 saturated carbocycles. The summed E-state index contributed by atoms with van der Waals surface area (Å²) in [5, 5.41) is 9.78. The average molecular weight is 290 g/mol. The van der Waals surface area contributed by atoms with Crippen LogP contribution in [-0.4, -0.2) is 49.4 Å². The van der Waals surface area contributed by atoms with Crippen LogP contribution >= 0.6 is 0 Å². The predicted octanol–water partition coefficient (Wildman–Crippen LogP) is -0.209. The summed E-state index contributed by atoms with van der Waals surface area (Å²) < 4.78 is 42.3. The number of halogens is 1. The molecule has 1 saturated heterocycles. The highest BCUT2D eigenvalue weighted by Gasteiger charge is 2.37. The Morgan fingerprint density at radius 3 is 2.74 bits per heavy atom. The second-order valence-corrected chi connectivity index (χ2v) is 6.47. The van der Waals surface area contributed by atoms with E-state index in [1.165, 1.54) is 12.1 Å². The number of β-amino-alcohol motifs (C(OH)–C–C–N with tert-alkyl or cyclic N) is 1. The SMILES string of the molecule is CS(=O)(=O)N1CC(O)C(Oc2cc(F)ccc2N)C1. The molecule has 106 valence electrons. The minimum Gasteiger partial charge on any atom is -0.484 e. The Morgan fingerprint density at radius 1 is 1.47 bits per heavy atom. The summed E-state index contributed by atoms with van der Waals surface area (Å²) in [7, 11) is -3.39. The number of hydrogen-bond donors (Lipinski definition) is 2. The van der Waals surface area contributed by atoms with Gasteiger partial charge in [-0.15, -0.1) is 0 Å². The van der Waals surface area contributed by atoms with E-state index in [0.29, 0.717) is 0 Å². The van der Waals surface area contributed by atoms with Gasteiger partial charge in [0.25, 0.3) is 0 Å². The van der Waals surface area contributed by atoms with Gasteiger partial charge in [-0.05, 0) is 12.1 Å². The summed E-state index contributed by atoms with van der Waals surface area (Å²) in [6.07, 6.45) is -0.685. The first kappa shape index (κ1) is 14.0. The number of nitrogen functional groups attached to an aromatic ring is 1. The van der Waals surface area contributed by atoms with E-state index < -0.39 is 28.0 Å². The Labute approximate surface area is 110 Å². The number of hydrogen-bond acceptors (Lipinski definition) is 5. The van der Waals surface area contributed by atoms with Crippen molar-refractivity contribution in [3.8, 4) is 5.75 Å². The molecular weight excluding hydrogens is 275 g/mol. The van der Waals surface area contributed by atoms with Crippen molar-refractivity contribution in [2.45, 2.75) is 12.2 Å². The largest absolute Gasteiger partial charge is 0.484 e. The second kappa shape index (κ2) is 4.95. The second-order valence-electron chi connectivity index (χ2n) is 4.49. The molecule has 1 aliphatic heterocycles. The number of sulfonamides is 1. The van der Waals surface area contributed by atoms with Crippen LogP contribution in [0.15, 0.2) is 18.2 Å². The molecule has 2 atom stereocenters. The Balaban J connectivity index is 2.14. The van der Waals surface area contributed by atoms with Crippen LogP contribution < -0.4 is 10.5 Å². The zero-order valence-corrected chi connectivity index (χ0v) is 11.1. The third-order valence-electron chi connectivity index (χ3n) is 2.93. The van der Waals surface area contributed by atoms with Gasteiger partial charge in [-0.25, -0.2) is 12.8 Å². The highest BCUT2D eigenvalue weighted by atomic mass is 32.2. The number of benzene rings is 1. The van der Waals surface area contributed by atoms with Gasteiger partial charge in [0, 0.05) is 12.6 Å². The summed E-state index contributed by atoms with van der Waals surface area (Å²) in [4.78, 5) is 0. The van der Waals surface area contributed by atoms with Gasteiger partial charge in [-0.3, -0.25) is 0 Å². The molecule has 6 nitrogen and oxygen atoms in total. The third-order valence-corrected chi connectivity index (χ3v) is 4.16. The number of aliphatic hydroxyl groups is 1. The number of nitrogens with zero attached hydrogens (tertiary/aromatic N) is 1. The molecule has 0 amide bonds. The molecule has 0 radical (unpaired) electrons. The maximum absolute atomic E-state index is 13.1. The van der Waals surface area contributed by atoms with Crippen molar-refractivity contribution in [2.24, 2.45) is 0 Å². The van der Waals surface area contributed by atoms with Crippen LogP contribution in [0.1, 0.15) is 0 Å². The van der Waals surface area contributed by atoms with Gasteiger partial charge in [0.1, 0.15) is 23.8 Å². The van der Waals surface area contributed by atoms with Gasteiger partial charge in [0.2, 0.25) is 10.0 Å². The number of anilines is 1. The molecule has 0 aromatic heterocycles. The van der Waals surface area contributed by atoms with Crippen LogP contribution in [-0.2, 0) is 10.0 Å². The summed E-state index contributed by atoms with van der Waals surface area (Å²) in [5.74, 6) is -0.420. The van der Waals surface area contributed by atoms with Crippen molar-refractivity contribution >= 4 is 15.7 Å². The molecule has 8 heteroatoms. The minimum absolute atomic E-state index is 0.00987. The molecule has 1 heterocycles. The van der Waals surface area contributed by atoms with E-state index in [1.807, 2.05) is 0 Å². The lowest BCUT2D eigenvalue weighted by Gasteiger charge is -2.17. The van der Waals surface area contributed by atoms with Crippen molar-refractivity contribution in [1.29, 1.82) is 0 Å². The molecule has 2 unspecified atom stereocenters. The topological polar surface area (TPSA) is 92.9 Å². The average Bonchev–Trinajstić information content (AvgIpc) is 2.65. The summed E-state index contributed by atoms with van der Waals surface area (Å²) >= 11 is 0. The number of aliphatic hydroxyl groups excluding tert-OH is 1. The summed E-state index contributed by atoms with van der Waals surface area (Å²) in [5.41, 5.74) is 5.86. The lowest BCUT2D eigenvalue weighted by molar-refractivity contribution is 0.0740. The van der Waals surface area contributed by atoms with Crippen molar-refractivity contribution in [3.05, 3.63) is 24.0 Å². The van der Waals surface area contributed by atoms with E-state index in [9.17, 15) is 17.9 Å². The highest BCUT2D eigenvalue weighted by molar-refractivity contribution is 7.88. The Hall–Kier alpha value is -1.38. The zero-order valence-electron chi connectivity index (χ0n) is 10.3. The first-order chi connectivity index (χ1) is 8.77. The van der Waals surface area contributed by atoms with Crippen molar-refractivity contribution in [1.82, 2.24) is 4.31 Å². The summed E-state index contributed by atoms with van der Waals surface area (Å²) in [6.45, 7) is -0.0331. The lowest BCUT2D eigenvalue weighted by Crippen LogP contribution is -2.31. The fraction of sp³-hybridized carbons (Fsp3) is 0.455. The minimum atomic E-state index is -3.39. The van der Waals surface area contributed by atoms with Crippen LogP contribution in [0, 0.1) is 5.82 Å². The van der Waals surface area contributed by atoms with E-state index in [2.05, 4.69) is 0 Å². The van der Waals surface area contributed by atoms with E-state index in [0.717, 1.165) is 16.6 Å². The van der Waals surface area contributed by atoms with E-state index >= 15 is 0 Å². The maximum Gasteiger partial charge on any atom is 0.211 e. The molecule has 19 heavy (non-hydrogen) atoms. The number of rotatable bonds is 3. The smallest absolute Gasteiger partial charge is 0.211 e. The van der Waals surface area contributed by atoms with Crippen LogP contribution in [0.5, 0.6) is 5.75 Å². The maximum atomic E-state index is 13.1. The van der Waals surface area contributed by atoms with Crippen LogP contribution in [0.3, 0.4) is 0 Å². The van der Waals surface area contributed by atoms with Crippen molar-refractivity contribution < 1.29 is 22.7 Å². The van der Waals surface area contributed by atoms with Crippen molar-refractivity contribution in [3.63, 3.8) is 0 Å². The fourth-order valence-electron chi connectivity index (χ4n) is 1.88. The van der Waals surface area contributed by atoms with Gasteiger partial charge in [-0.2, -0.15) is 4.31 Å². The monoisotopic (exact) mass is 290 g/mol. The molecule has 3 N–H and O–H groups in total. The predicted molar refractivity (Wildman–Crippen MR) is 67.7 cm³/mol. The lowest BCUT2D eigenvalue weighted by atomic mass is 10.2.